The fourth-order valence-corrected chi connectivity index (χ4v) is 2.26. The van der Waals surface area contributed by atoms with Crippen molar-refractivity contribution < 1.29 is 19.1 Å². The van der Waals surface area contributed by atoms with Crippen molar-refractivity contribution in [3.63, 3.8) is 0 Å². The number of hydrogen-bond donors (Lipinski definition) is 1. The Balaban J connectivity index is 1.93. The highest BCUT2D eigenvalue weighted by Crippen LogP contribution is 2.18. The van der Waals surface area contributed by atoms with Crippen LogP contribution in [0.3, 0.4) is 0 Å². The summed E-state index contributed by atoms with van der Waals surface area (Å²) in [5, 5.41) is 2.76. The zero-order chi connectivity index (χ0) is 17.5. The molecule has 0 heterocycles. The number of aryl methyl sites for hydroxylation is 1. The second kappa shape index (κ2) is 8.06. The standard InChI is InChI=1S/C19H19NO4/c1-13-12-15(19(23)24-2)8-9-16(13)20-18(22)11-10-17(21)14-6-4-3-5-7-14/h3-9,12H,10-11H2,1-2H3,(H,20,22). The van der Waals surface area contributed by atoms with E-state index in [1.807, 2.05) is 6.07 Å². The Labute approximate surface area is 140 Å². The molecule has 124 valence electrons. The van der Waals surface area contributed by atoms with E-state index in [1.165, 1.54) is 7.11 Å². The van der Waals surface area contributed by atoms with E-state index in [0.717, 1.165) is 5.56 Å². The Morgan fingerprint density at radius 3 is 2.29 bits per heavy atom. The van der Waals surface area contributed by atoms with Crippen LogP contribution in [0.1, 0.15) is 39.1 Å². The number of esters is 1. The zero-order valence-electron chi connectivity index (χ0n) is 13.7. The van der Waals surface area contributed by atoms with Crippen molar-refractivity contribution in [1.82, 2.24) is 0 Å². The highest BCUT2D eigenvalue weighted by atomic mass is 16.5. The van der Waals surface area contributed by atoms with Crippen LogP contribution < -0.4 is 5.32 Å². The molecule has 0 aliphatic heterocycles. The van der Waals surface area contributed by atoms with Crippen LogP contribution in [0, 0.1) is 6.92 Å². The van der Waals surface area contributed by atoms with Crippen molar-refractivity contribution in [3.05, 3.63) is 65.2 Å². The zero-order valence-corrected chi connectivity index (χ0v) is 13.7. The van der Waals surface area contributed by atoms with Crippen molar-refractivity contribution in [3.8, 4) is 0 Å². The summed E-state index contributed by atoms with van der Waals surface area (Å²) in [7, 11) is 1.32. The molecular formula is C19H19NO4. The van der Waals surface area contributed by atoms with Gasteiger partial charge in [0.25, 0.3) is 0 Å². The van der Waals surface area contributed by atoms with E-state index in [4.69, 9.17) is 0 Å². The van der Waals surface area contributed by atoms with Crippen LogP contribution in [-0.2, 0) is 9.53 Å². The van der Waals surface area contributed by atoms with Gasteiger partial charge in [0.1, 0.15) is 0 Å². The molecule has 0 bridgehead atoms. The molecule has 1 amide bonds. The summed E-state index contributed by atoms with van der Waals surface area (Å²) < 4.78 is 4.66. The number of hydrogen-bond acceptors (Lipinski definition) is 4. The lowest BCUT2D eigenvalue weighted by atomic mass is 10.1. The van der Waals surface area contributed by atoms with Gasteiger partial charge in [-0.2, -0.15) is 0 Å². The first kappa shape index (κ1) is 17.4. The number of amides is 1. The van der Waals surface area contributed by atoms with Gasteiger partial charge < -0.3 is 10.1 Å². The second-order valence-corrected chi connectivity index (χ2v) is 5.36. The molecule has 0 aliphatic rings. The van der Waals surface area contributed by atoms with Crippen LogP contribution in [0.2, 0.25) is 0 Å². The third-order valence-electron chi connectivity index (χ3n) is 3.60. The molecule has 0 aromatic heterocycles. The molecular weight excluding hydrogens is 306 g/mol. The summed E-state index contributed by atoms with van der Waals surface area (Å²) in [4.78, 5) is 35.5. The lowest BCUT2D eigenvalue weighted by molar-refractivity contribution is -0.116. The molecule has 24 heavy (non-hydrogen) atoms. The van der Waals surface area contributed by atoms with Gasteiger partial charge in [-0.25, -0.2) is 4.79 Å². The first-order valence-electron chi connectivity index (χ1n) is 7.58. The van der Waals surface area contributed by atoms with E-state index in [0.29, 0.717) is 16.8 Å². The number of anilines is 1. The highest BCUT2D eigenvalue weighted by Gasteiger charge is 2.12. The predicted octanol–water partition coefficient (Wildman–Crippen LogP) is 3.38. The van der Waals surface area contributed by atoms with Crippen molar-refractivity contribution >= 4 is 23.3 Å². The van der Waals surface area contributed by atoms with Crippen LogP contribution in [0.15, 0.2) is 48.5 Å². The van der Waals surface area contributed by atoms with Gasteiger partial charge in [0.15, 0.2) is 5.78 Å². The number of nitrogens with one attached hydrogen (secondary N) is 1. The molecule has 1 N–H and O–H groups in total. The van der Waals surface area contributed by atoms with Crippen molar-refractivity contribution in [1.29, 1.82) is 0 Å². The van der Waals surface area contributed by atoms with Crippen LogP contribution in [0.25, 0.3) is 0 Å². The Bertz CT molecular complexity index is 753. The number of carbonyl (C=O) groups is 3. The van der Waals surface area contributed by atoms with E-state index in [9.17, 15) is 14.4 Å². The monoisotopic (exact) mass is 325 g/mol. The minimum Gasteiger partial charge on any atom is -0.465 e. The lowest BCUT2D eigenvalue weighted by Gasteiger charge is -2.09. The van der Waals surface area contributed by atoms with Gasteiger partial charge in [0, 0.05) is 24.1 Å². The molecule has 2 aromatic carbocycles. The van der Waals surface area contributed by atoms with E-state index < -0.39 is 5.97 Å². The number of ether oxygens (including phenoxy) is 1. The summed E-state index contributed by atoms with van der Waals surface area (Å²) in [5.74, 6) is -0.735. The van der Waals surface area contributed by atoms with Crippen LogP contribution in [0.5, 0.6) is 0 Å². The Morgan fingerprint density at radius 2 is 1.67 bits per heavy atom. The van der Waals surface area contributed by atoms with Gasteiger partial charge in [0.05, 0.1) is 12.7 Å². The number of Topliss-reactive ketones (excluding diaryl/α,β-unsaturated/α-hetero) is 1. The minimum atomic E-state index is -0.426. The molecule has 0 unspecified atom stereocenters. The Morgan fingerprint density at radius 1 is 0.958 bits per heavy atom. The van der Waals surface area contributed by atoms with E-state index in [-0.39, 0.29) is 24.5 Å². The molecule has 0 spiro atoms. The third-order valence-corrected chi connectivity index (χ3v) is 3.60. The fourth-order valence-electron chi connectivity index (χ4n) is 2.26. The van der Waals surface area contributed by atoms with E-state index in [1.54, 1.807) is 49.4 Å². The summed E-state index contributed by atoms with van der Waals surface area (Å²) in [6.07, 6.45) is 0.251. The van der Waals surface area contributed by atoms with Gasteiger partial charge in [-0.1, -0.05) is 30.3 Å². The smallest absolute Gasteiger partial charge is 0.337 e. The normalized spacial score (nSPS) is 10.1. The second-order valence-electron chi connectivity index (χ2n) is 5.36. The van der Waals surface area contributed by atoms with Gasteiger partial charge in [0.2, 0.25) is 5.91 Å². The van der Waals surface area contributed by atoms with Gasteiger partial charge in [-0.3, -0.25) is 9.59 Å². The summed E-state index contributed by atoms with van der Waals surface area (Å²) in [6.45, 7) is 1.79. The van der Waals surface area contributed by atoms with Crippen LogP contribution in [-0.4, -0.2) is 24.8 Å². The maximum atomic E-state index is 12.0. The molecule has 0 atom stereocenters. The average Bonchev–Trinajstić information content (AvgIpc) is 2.61. The first-order chi connectivity index (χ1) is 11.5. The molecule has 5 heteroatoms. The summed E-state index contributed by atoms with van der Waals surface area (Å²) in [6, 6.07) is 13.8. The number of ketones is 1. The molecule has 0 saturated heterocycles. The molecule has 2 rings (SSSR count). The van der Waals surface area contributed by atoms with Crippen molar-refractivity contribution in [2.45, 2.75) is 19.8 Å². The van der Waals surface area contributed by atoms with Crippen LogP contribution >= 0.6 is 0 Å². The Kier molecular flexibility index (Phi) is 5.84. The third kappa shape index (κ3) is 4.52. The predicted molar refractivity (Wildman–Crippen MR) is 91.2 cm³/mol. The lowest BCUT2D eigenvalue weighted by Crippen LogP contribution is -2.14. The van der Waals surface area contributed by atoms with E-state index >= 15 is 0 Å². The number of carbonyl (C=O) groups excluding carboxylic acids is 3. The molecule has 0 radical (unpaired) electrons. The molecule has 2 aromatic rings. The van der Waals surface area contributed by atoms with Crippen molar-refractivity contribution in [2.75, 3.05) is 12.4 Å². The van der Waals surface area contributed by atoms with Gasteiger partial charge in [-0.05, 0) is 30.7 Å². The molecule has 0 fully saturated rings. The van der Waals surface area contributed by atoms with Crippen molar-refractivity contribution in [2.24, 2.45) is 0 Å². The fraction of sp³-hybridized carbons (Fsp3) is 0.211. The quantitative estimate of drug-likeness (QED) is 0.653. The first-order valence-corrected chi connectivity index (χ1v) is 7.58. The van der Waals surface area contributed by atoms with Crippen LogP contribution in [0.4, 0.5) is 5.69 Å². The topological polar surface area (TPSA) is 72.5 Å². The summed E-state index contributed by atoms with van der Waals surface area (Å²) in [5.41, 5.74) is 2.39. The number of rotatable bonds is 6. The largest absolute Gasteiger partial charge is 0.465 e. The Hall–Kier alpha value is -2.95. The molecule has 0 saturated carbocycles. The SMILES string of the molecule is COC(=O)c1ccc(NC(=O)CCC(=O)c2ccccc2)c(C)c1. The maximum Gasteiger partial charge on any atom is 0.337 e. The van der Waals surface area contributed by atoms with Gasteiger partial charge >= 0.3 is 5.97 Å². The van der Waals surface area contributed by atoms with Gasteiger partial charge in [-0.15, -0.1) is 0 Å². The maximum absolute atomic E-state index is 12.0. The average molecular weight is 325 g/mol. The molecule has 0 aliphatic carbocycles. The number of benzene rings is 2. The molecule has 5 nitrogen and oxygen atoms in total. The summed E-state index contributed by atoms with van der Waals surface area (Å²) >= 11 is 0. The minimum absolute atomic E-state index is 0.0662. The van der Waals surface area contributed by atoms with E-state index in [2.05, 4.69) is 10.1 Å². The highest BCUT2D eigenvalue weighted by molar-refractivity contribution is 6.00. The number of methoxy groups -OCH3 is 1.